The number of esters is 1. The summed E-state index contributed by atoms with van der Waals surface area (Å²) in [5.74, 6) is 0.689. The van der Waals surface area contributed by atoms with Crippen LogP contribution in [0.15, 0.2) is 36.0 Å². The number of nitrogens with zero attached hydrogens (tertiary/aromatic N) is 4. The molecule has 0 spiro atoms. The predicted molar refractivity (Wildman–Crippen MR) is 97.9 cm³/mol. The number of carbonyl (C=O) groups is 1. The standard InChI is InChI=1S/C18H20N4O2S/c1-2-24-18(23)13-5-3-8-21(12-13)17-15-11-14(16-6-4-10-25-16)20-22(15)9-7-19-17/h4,6-7,9-11,13H,2-3,5,8,12H2,1H3/t13-/m0/s1. The highest BCUT2D eigenvalue weighted by molar-refractivity contribution is 7.13. The van der Waals surface area contributed by atoms with Crippen molar-refractivity contribution in [3.8, 4) is 10.6 Å². The molecule has 0 unspecified atom stereocenters. The maximum atomic E-state index is 12.1. The monoisotopic (exact) mass is 356 g/mol. The third kappa shape index (κ3) is 3.11. The molecule has 3 aromatic heterocycles. The van der Waals surface area contributed by atoms with Gasteiger partial charge >= 0.3 is 5.97 Å². The van der Waals surface area contributed by atoms with E-state index in [1.165, 1.54) is 0 Å². The fourth-order valence-corrected chi connectivity index (χ4v) is 4.00. The van der Waals surface area contributed by atoms with Crippen molar-refractivity contribution in [2.24, 2.45) is 5.92 Å². The highest BCUT2D eigenvalue weighted by atomic mass is 32.1. The molecule has 0 saturated carbocycles. The Bertz CT molecular complexity index is 874. The lowest BCUT2D eigenvalue weighted by Crippen LogP contribution is -2.40. The second-order valence-corrected chi connectivity index (χ2v) is 7.07. The minimum absolute atomic E-state index is 0.0876. The molecule has 0 amide bonds. The predicted octanol–water partition coefficient (Wildman–Crippen LogP) is 3.24. The largest absolute Gasteiger partial charge is 0.466 e. The molecule has 3 aromatic rings. The van der Waals surface area contributed by atoms with Gasteiger partial charge in [0, 0.05) is 25.5 Å². The Morgan fingerprint density at radius 2 is 2.40 bits per heavy atom. The van der Waals surface area contributed by atoms with Crippen LogP contribution in [-0.2, 0) is 9.53 Å². The zero-order valence-corrected chi connectivity index (χ0v) is 14.9. The maximum Gasteiger partial charge on any atom is 0.310 e. The van der Waals surface area contributed by atoms with Crippen LogP contribution in [0.3, 0.4) is 0 Å². The summed E-state index contributed by atoms with van der Waals surface area (Å²) in [4.78, 5) is 20.0. The summed E-state index contributed by atoms with van der Waals surface area (Å²) >= 11 is 1.67. The molecule has 1 saturated heterocycles. The molecular formula is C18H20N4O2S. The van der Waals surface area contributed by atoms with Gasteiger partial charge in [-0.1, -0.05) is 6.07 Å². The van der Waals surface area contributed by atoms with Crippen LogP contribution in [0.1, 0.15) is 19.8 Å². The Kier molecular flexibility index (Phi) is 4.40. The second-order valence-electron chi connectivity index (χ2n) is 6.12. The minimum atomic E-state index is -0.105. The van der Waals surface area contributed by atoms with E-state index in [9.17, 15) is 4.79 Å². The molecule has 6 nitrogen and oxygen atoms in total. The van der Waals surface area contributed by atoms with Gasteiger partial charge in [0.05, 0.1) is 17.4 Å². The molecule has 1 atom stereocenters. The maximum absolute atomic E-state index is 12.1. The van der Waals surface area contributed by atoms with Gasteiger partial charge in [-0.25, -0.2) is 9.50 Å². The van der Waals surface area contributed by atoms with Crippen molar-refractivity contribution in [1.29, 1.82) is 0 Å². The number of ether oxygens (including phenoxy) is 1. The normalized spacial score (nSPS) is 17.8. The van der Waals surface area contributed by atoms with Gasteiger partial charge in [-0.05, 0) is 37.3 Å². The number of anilines is 1. The van der Waals surface area contributed by atoms with Crippen molar-refractivity contribution in [1.82, 2.24) is 14.6 Å². The molecule has 4 rings (SSSR count). The van der Waals surface area contributed by atoms with E-state index in [0.717, 1.165) is 41.3 Å². The fraction of sp³-hybridized carbons (Fsp3) is 0.389. The van der Waals surface area contributed by atoms with Gasteiger partial charge in [-0.2, -0.15) is 5.10 Å². The summed E-state index contributed by atoms with van der Waals surface area (Å²) in [5, 5.41) is 6.71. The van der Waals surface area contributed by atoms with Crippen LogP contribution in [0.2, 0.25) is 0 Å². The Balaban J connectivity index is 1.65. The summed E-state index contributed by atoms with van der Waals surface area (Å²) < 4.78 is 7.07. The highest BCUT2D eigenvalue weighted by Gasteiger charge is 2.28. The number of fused-ring (bicyclic) bond motifs is 1. The van der Waals surface area contributed by atoms with Crippen LogP contribution >= 0.6 is 11.3 Å². The van der Waals surface area contributed by atoms with Crippen molar-refractivity contribution < 1.29 is 9.53 Å². The summed E-state index contributed by atoms with van der Waals surface area (Å²) in [6.07, 6.45) is 5.46. The van der Waals surface area contributed by atoms with E-state index in [4.69, 9.17) is 4.74 Å². The third-order valence-corrected chi connectivity index (χ3v) is 5.38. The molecule has 25 heavy (non-hydrogen) atoms. The first-order chi connectivity index (χ1) is 12.3. The van der Waals surface area contributed by atoms with Gasteiger partial charge in [-0.15, -0.1) is 11.3 Å². The van der Waals surface area contributed by atoms with E-state index in [0.29, 0.717) is 13.2 Å². The second kappa shape index (κ2) is 6.84. The highest BCUT2D eigenvalue weighted by Crippen LogP contribution is 2.30. The van der Waals surface area contributed by atoms with E-state index >= 15 is 0 Å². The lowest BCUT2D eigenvalue weighted by Gasteiger charge is -2.32. The average molecular weight is 356 g/mol. The van der Waals surface area contributed by atoms with Crippen LogP contribution < -0.4 is 4.90 Å². The summed E-state index contributed by atoms with van der Waals surface area (Å²) in [5.41, 5.74) is 1.92. The van der Waals surface area contributed by atoms with Crippen LogP contribution in [0, 0.1) is 5.92 Å². The van der Waals surface area contributed by atoms with Gasteiger partial charge in [-0.3, -0.25) is 4.79 Å². The Labute approximate surface area is 150 Å². The first kappa shape index (κ1) is 16.1. The average Bonchev–Trinajstić information content (AvgIpc) is 3.31. The van der Waals surface area contributed by atoms with E-state index in [1.54, 1.807) is 17.5 Å². The molecule has 4 heterocycles. The Hall–Kier alpha value is -2.41. The van der Waals surface area contributed by atoms with E-state index in [-0.39, 0.29) is 11.9 Å². The lowest BCUT2D eigenvalue weighted by molar-refractivity contribution is -0.148. The van der Waals surface area contributed by atoms with Crippen molar-refractivity contribution in [2.75, 3.05) is 24.6 Å². The molecule has 0 aliphatic carbocycles. The van der Waals surface area contributed by atoms with Gasteiger partial charge in [0.1, 0.15) is 11.2 Å². The number of rotatable bonds is 4. The Morgan fingerprint density at radius 3 is 3.20 bits per heavy atom. The molecule has 130 valence electrons. The van der Waals surface area contributed by atoms with Gasteiger partial charge in [0.25, 0.3) is 0 Å². The quantitative estimate of drug-likeness (QED) is 0.672. The van der Waals surface area contributed by atoms with Crippen LogP contribution in [0.5, 0.6) is 0 Å². The van der Waals surface area contributed by atoms with Crippen LogP contribution in [0.4, 0.5) is 5.82 Å². The molecule has 1 fully saturated rings. The van der Waals surface area contributed by atoms with Gasteiger partial charge in [0.15, 0.2) is 5.82 Å². The number of hydrogen-bond donors (Lipinski definition) is 0. The van der Waals surface area contributed by atoms with Gasteiger partial charge in [0.2, 0.25) is 0 Å². The smallest absolute Gasteiger partial charge is 0.310 e. The number of hydrogen-bond acceptors (Lipinski definition) is 6. The van der Waals surface area contributed by atoms with Crippen molar-refractivity contribution in [3.05, 3.63) is 36.0 Å². The van der Waals surface area contributed by atoms with E-state index in [1.807, 2.05) is 29.1 Å². The number of piperidine rings is 1. The zero-order valence-electron chi connectivity index (χ0n) is 14.1. The van der Waals surface area contributed by atoms with Crippen molar-refractivity contribution in [3.63, 3.8) is 0 Å². The van der Waals surface area contributed by atoms with Crippen molar-refractivity contribution >= 4 is 28.6 Å². The first-order valence-corrected chi connectivity index (χ1v) is 9.44. The van der Waals surface area contributed by atoms with E-state index in [2.05, 4.69) is 27.1 Å². The zero-order chi connectivity index (χ0) is 17.2. The summed E-state index contributed by atoms with van der Waals surface area (Å²) in [6, 6.07) is 6.16. The number of thiophene rings is 1. The molecule has 0 N–H and O–H groups in total. The van der Waals surface area contributed by atoms with Gasteiger partial charge < -0.3 is 9.64 Å². The molecule has 0 aromatic carbocycles. The van der Waals surface area contributed by atoms with Crippen molar-refractivity contribution in [2.45, 2.75) is 19.8 Å². The topological polar surface area (TPSA) is 59.7 Å². The Morgan fingerprint density at radius 1 is 1.48 bits per heavy atom. The molecule has 0 radical (unpaired) electrons. The number of aromatic nitrogens is 3. The van der Waals surface area contributed by atoms with E-state index < -0.39 is 0 Å². The van der Waals surface area contributed by atoms with Crippen LogP contribution in [-0.4, -0.2) is 40.3 Å². The molecule has 1 aliphatic heterocycles. The summed E-state index contributed by atoms with van der Waals surface area (Å²) in [7, 11) is 0. The SMILES string of the molecule is CCOC(=O)[C@H]1CCCN(c2nccn3nc(-c4cccs4)cc23)C1. The summed E-state index contributed by atoms with van der Waals surface area (Å²) in [6.45, 7) is 3.81. The molecule has 0 bridgehead atoms. The molecular weight excluding hydrogens is 336 g/mol. The number of carbonyl (C=O) groups excluding carboxylic acids is 1. The molecule has 7 heteroatoms. The first-order valence-electron chi connectivity index (χ1n) is 8.56. The van der Waals surface area contributed by atoms with Crippen LogP contribution in [0.25, 0.3) is 16.1 Å². The fourth-order valence-electron chi connectivity index (χ4n) is 3.32. The lowest BCUT2D eigenvalue weighted by atomic mass is 9.98. The minimum Gasteiger partial charge on any atom is -0.466 e. The molecule has 1 aliphatic rings. The third-order valence-electron chi connectivity index (χ3n) is 4.48.